The Kier molecular flexibility index (Phi) is 3.88. The summed E-state index contributed by atoms with van der Waals surface area (Å²) in [6.07, 6.45) is 3.11. The highest BCUT2D eigenvalue weighted by molar-refractivity contribution is 7.13. The first kappa shape index (κ1) is 14.3. The van der Waals surface area contributed by atoms with Gasteiger partial charge in [-0.1, -0.05) is 6.07 Å². The van der Waals surface area contributed by atoms with E-state index >= 15 is 0 Å². The van der Waals surface area contributed by atoms with Gasteiger partial charge in [0.15, 0.2) is 10.9 Å². The average Bonchev–Trinajstić information content (AvgIpc) is 2.95. The van der Waals surface area contributed by atoms with E-state index in [1.165, 1.54) is 17.7 Å². The molecular weight excluding hydrogens is 298 g/mol. The maximum Gasteiger partial charge on any atom is 0.248 e. The van der Waals surface area contributed by atoms with Crippen LogP contribution in [0, 0.1) is 13.8 Å². The number of hydrogen-bond acceptors (Lipinski definition) is 7. The van der Waals surface area contributed by atoms with Crippen LogP contribution in [-0.2, 0) is 0 Å². The van der Waals surface area contributed by atoms with Crippen LogP contribution in [-0.4, -0.2) is 15.0 Å². The molecule has 0 aliphatic heterocycles. The molecule has 0 amide bonds. The number of hydrogen-bond donors (Lipinski definition) is 2. The number of nitrogens with zero attached hydrogens (tertiary/aromatic N) is 3. The van der Waals surface area contributed by atoms with Crippen molar-refractivity contribution in [2.24, 2.45) is 0 Å². The lowest BCUT2D eigenvalue weighted by atomic mass is 10.1. The van der Waals surface area contributed by atoms with E-state index in [1.54, 1.807) is 6.20 Å². The third-order valence-corrected chi connectivity index (χ3v) is 3.60. The standard InChI is InChI=1S/C15H15N5OS/c1-9-5-10(2)7-11(6-9)21-14-12(16)13(18-8-19-14)20-15-17-3-4-22-15/h3-8H,16H2,1-2H3,(H,17,18,19,20). The number of anilines is 3. The molecule has 3 aromatic rings. The van der Waals surface area contributed by atoms with Gasteiger partial charge in [0.25, 0.3) is 0 Å². The summed E-state index contributed by atoms with van der Waals surface area (Å²) < 4.78 is 5.80. The lowest BCUT2D eigenvalue weighted by molar-refractivity contribution is 0.464. The van der Waals surface area contributed by atoms with E-state index in [-0.39, 0.29) is 0 Å². The van der Waals surface area contributed by atoms with Gasteiger partial charge in [-0.25, -0.2) is 9.97 Å². The molecule has 0 unspecified atom stereocenters. The molecule has 3 rings (SSSR count). The van der Waals surface area contributed by atoms with Crippen molar-refractivity contribution in [3.05, 3.63) is 47.2 Å². The van der Waals surface area contributed by atoms with Crippen LogP contribution in [0.3, 0.4) is 0 Å². The normalized spacial score (nSPS) is 10.5. The molecule has 3 N–H and O–H groups in total. The number of aryl methyl sites for hydroxylation is 2. The van der Waals surface area contributed by atoms with E-state index < -0.39 is 0 Å². The zero-order valence-electron chi connectivity index (χ0n) is 12.2. The van der Waals surface area contributed by atoms with Crippen molar-refractivity contribution in [1.29, 1.82) is 0 Å². The molecular formula is C15H15N5OS. The number of thiazole rings is 1. The number of ether oxygens (including phenoxy) is 1. The Morgan fingerprint density at radius 1 is 1.09 bits per heavy atom. The molecule has 0 fully saturated rings. The smallest absolute Gasteiger partial charge is 0.248 e. The van der Waals surface area contributed by atoms with Crippen molar-refractivity contribution >= 4 is 28.0 Å². The second-order valence-electron chi connectivity index (χ2n) is 4.83. The molecule has 0 atom stereocenters. The van der Waals surface area contributed by atoms with Crippen molar-refractivity contribution < 1.29 is 4.74 Å². The summed E-state index contributed by atoms with van der Waals surface area (Å²) in [4.78, 5) is 12.4. The Balaban J connectivity index is 1.88. The molecule has 0 saturated carbocycles. The SMILES string of the molecule is Cc1cc(C)cc(Oc2ncnc(Nc3nccs3)c2N)c1. The molecule has 1 aromatic carbocycles. The van der Waals surface area contributed by atoms with Crippen molar-refractivity contribution in [3.63, 3.8) is 0 Å². The van der Waals surface area contributed by atoms with E-state index in [1.807, 2.05) is 31.4 Å². The number of nitrogens with two attached hydrogens (primary N) is 1. The van der Waals surface area contributed by atoms with Gasteiger partial charge in [-0.2, -0.15) is 4.98 Å². The summed E-state index contributed by atoms with van der Waals surface area (Å²) in [5, 5.41) is 5.63. The van der Waals surface area contributed by atoms with Crippen LogP contribution in [0.15, 0.2) is 36.1 Å². The molecule has 22 heavy (non-hydrogen) atoms. The second kappa shape index (κ2) is 5.98. The lowest BCUT2D eigenvalue weighted by Gasteiger charge is -2.11. The molecule has 2 heterocycles. The predicted octanol–water partition coefficient (Wildman–Crippen LogP) is 3.67. The van der Waals surface area contributed by atoms with Gasteiger partial charge >= 0.3 is 0 Å². The molecule has 7 heteroatoms. The first-order valence-electron chi connectivity index (χ1n) is 6.65. The molecule has 6 nitrogen and oxygen atoms in total. The van der Waals surface area contributed by atoms with Crippen LogP contribution in [0.25, 0.3) is 0 Å². The highest BCUT2D eigenvalue weighted by Gasteiger charge is 2.11. The Bertz CT molecular complexity index is 768. The van der Waals surface area contributed by atoms with E-state index in [0.717, 1.165) is 11.1 Å². The highest BCUT2D eigenvalue weighted by atomic mass is 32.1. The van der Waals surface area contributed by atoms with Crippen molar-refractivity contribution in [3.8, 4) is 11.6 Å². The summed E-state index contributed by atoms with van der Waals surface area (Å²) in [5.74, 6) is 1.49. The first-order chi connectivity index (χ1) is 10.6. The van der Waals surface area contributed by atoms with Gasteiger partial charge in [-0.15, -0.1) is 11.3 Å². The van der Waals surface area contributed by atoms with Crippen LogP contribution >= 0.6 is 11.3 Å². The number of nitrogen functional groups attached to an aromatic ring is 1. The minimum absolute atomic E-state index is 0.319. The highest BCUT2D eigenvalue weighted by Crippen LogP contribution is 2.31. The summed E-state index contributed by atoms with van der Waals surface area (Å²) >= 11 is 1.46. The molecule has 0 bridgehead atoms. The Labute approximate surface area is 132 Å². The maximum atomic E-state index is 6.09. The van der Waals surface area contributed by atoms with Crippen LogP contribution in [0.5, 0.6) is 11.6 Å². The molecule has 112 valence electrons. The van der Waals surface area contributed by atoms with Gasteiger partial charge in [0.05, 0.1) is 0 Å². The van der Waals surface area contributed by atoms with Crippen molar-refractivity contribution in [2.45, 2.75) is 13.8 Å². The first-order valence-corrected chi connectivity index (χ1v) is 7.53. The largest absolute Gasteiger partial charge is 0.437 e. The predicted molar refractivity (Wildman–Crippen MR) is 87.8 cm³/mol. The molecule has 0 spiro atoms. The summed E-state index contributed by atoms with van der Waals surface area (Å²) in [7, 11) is 0. The lowest BCUT2D eigenvalue weighted by Crippen LogP contribution is -2.03. The van der Waals surface area contributed by atoms with Crippen LogP contribution < -0.4 is 15.8 Å². The minimum Gasteiger partial charge on any atom is -0.437 e. The molecule has 2 aromatic heterocycles. The van der Waals surface area contributed by atoms with Crippen LogP contribution in [0.1, 0.15) is 11.1 Å². The van der Waals surface area contributed by atoms with Gasteiger partial charge in [0.2, 0.25) is 5.88 Å². The van der Waals surface area contributed by atoms with Crippen molar-refractivity contribution in [1.82, 2.24) is 15.0 Å². The van der Waals surface area contributed by atoms with E-state index in [0.29, 0.717) is 28.3 Å². The second-order valence-corrected chi connectivity index (χ2v) is 5.72. The number of benzene rings is 1. The zero-order valence-corrected chi connectivity index (χ0v) is 13.0. The third kappa shape index (κ3) is 3.15. The number of rotatable bonds is 4. The van der Waals surface area contributed by atoms with Crippen molar-refractivity contribution in [2.75, 3.05) is 11.1 Å². The van der Waals surface area contributed by atoms with Gasteiger partial charge in [0, 0.05) is 11.6 Å². The Morgan fingerprint density at radius 2 is 1.86 bits per heavy atom. The number of nitrogens with one attached hydrogen (secondary N) is 1. The quantitative estimate of drug-likeness (QED) is 0.764. The van der Waals surface area contributed by atoms with Crippen LogP contribution in [0.2, 0.25) is 0 Å². The van der Waals surface area contributed by atoms with E-state index in [4.69, 9.17) is 10.5 Å². The van der Waals surface area contributed by atoms with E-state index in [2.05, 4.69) is 26.3 Å². The zero-order chi connectivity index (χ0) is 15.5. The maximum absolute atomic E-state index is 6.09. The molecule has 0 radical (unpaired) electrons. The monoisotopic (exact) mass is 313 g/mol. The Hall–Kier alpha value is -2.67. The summed E-state index contributed by atoms with van der Waals surface area (Å²) in [6, 6.07) is 5.94. The summed E-state index contributed by atoms with van der Waals surface area (Å²) in [6.45, 7) is 4.03. The third-order valence-electron chi connectivity index (χ3n) is 2.91. The fourth-order valence-electron chi connectivity index (χ4n) is 2.05. The minimum atomic E-state index is 0.319. The van der Waals surface area contributed by atoms with Gasteiger partial charge in [-0.3, -0.25) is 0 Å². The topological polar surface area (TPSA) is 86.0 Å². The van der Waals surface area contributed by atoms with E-state index in [9.17, 15) is 0 Å². The van der Waals surface area contributed by atoms with Gasteiger partial charge in [-0.05, 0) is 37.1 Å². The van der Waals surface area contributed by atoms with Gasteiger partial charge < -0.3 is 15.8 Å². The molecule has 0 aliphatic rings. The summed E-state index contributed by atoms with van der Waals surface area (Å²) in [5.41, 5.74) is 8.66. The molecule has 0 saturated heterocycles. The van der Waals surface area contributed by atoms with Gasteiger partial charge in [0.1, 0.15) is 17.8 Å². The van der Waals surface area contributed by atoms with Crippen LogP contribution in [0.4, 0.5) is 16.6 Å². The molecule has 0 aliphatic carbocycles. The average molecular weight is 313 g/mol. The fraction of sp³-hybridized carbons (Fsp3) is 0.133. The fourth-order valence-corrected chi connectivity index (χ4v) is 2.58. The Morgan fingerprint density at radius 3 is 2.55 bits per heavy atom. The number of aromatic nitrogens is 3.